The molecule has 0 saturated heterocycles. The van der Waals surface area contributed by atoms with E-state index in [1.54, 1.807) is 31.1 Å². The summed E-state index contributed by atoms with van der Waals surface area (Å²) < 4.78 is 1.48. The lowest BCUT2D eigenvalue weighted by atomic mass is 10.2. The monoisotopic (exact) mass is 278 g/mol. The number of nitrogens with two attached hydrogens (primary N) is 1. The average Bonchev–Trinajstić information content (AvgIpc) is 2.72. The minimum absolute atomic E-state index is 0.152. The highest BCUT2D eigenvalue weighted by Gasteiger charge is 2.17. The molecular formula is C13H15ClN4O. The van der Waals surface area contributed by atoms with Crippen LogP contribution < -0.4 is 5.73 Å². The number of aromatic nitrogens is 2. The normalized spacial score (nSPS) is 10.5. The molecule has 19 heavy (non-hydrogen) atoms. The fourth-order valence-corrected chi connectivity index (χ4v) is 1.88. The molecular weight excluding hydrogens is 264 g/mol. The van der Waals surface area contributed by atoms with Gasteiger partial charge < -0.3 is 10.6 Å². The van der Waals surface area contributed by atoms with Crippen molar-refractivity contribution >= 4 is 23.3 Å². The van der Waals surface area contributed by atoms with Crippen molar-refractivity contribution in [3.63, 3.8) is 0 Å². The first kappa shape index (κ1) is 13.4. The Balaban J connectivity index is 2.11. The van der Waals surface area contributed by atoms with E-state index in [0.717, 1.165) is 5.56 Å². The number of halogens is 1. The van der Waals surface area contributed by atoms with Crippen LogP contribution in [0.4, 0.5) is 5.82 Å². The smallest absolute Gasteiger partial charge is 0.259 e. The number of rotatable bonds is 3. The van der Waals surface area contributed by atoms with Gasteiger partial charge >= 0.3 is 0 Å². The van der Waals surface area contributed by atoms with Crippen molar-refractivity contribution in [1.29, 1.82) is 0 Å². The second-order valence-corrected chi connectivity index (χ2v) is 4.79. The maximum atomic E-state index is 12.2. The summed E-state index contributed by atoms with van der Waals surface area (Å²) in [5.74, 6) is 0.216. The Kier molecular flexibility index (Phi) is 3.76. The predicted molar refractivity (Wildman–Crippen MR) is 74.9 cm³/mol. The highest BCUT2D eigenvalue weighted by molar-refractivity contribution is 6.30. The van der Waals surface area contributed by atoms with E-state index >= 15 is 0 Å². The molecule has 0 unspecified atom stereocenters. The lowest BCUT2D eigenvalue weighted by Crippen LogP contribution is -2.26. The third-order valence-electron chi connectivity index (χ3n) is 2.89. The molecule has 1 aromatic heterocycles. The second-order valence-electron chi connectivity index (χ2n) is 4.35. The highest BCUT2D eigenvalue weighted by Crippen LogP contribution is 2.15. The summed E-state index contributed by atoms with van der Waals surface area (Å²) >= 11 is 5.82. The fourth-order valence-electron chi connectivity index (χ4n) is 1.75. The van der Waals surface area contributed by atoms with Crippen molar-refractivity contribution in [2.24, 2.45) is 7.05 Å². The van der Waals surface area contributed by atoms with Gasteiger partial charge in [0, 0.05) is 25.7 Å². The van der Waals surface area contributed by atoms with E-state index in [1.165, 1.54) is 10.9 Å². The van der Waals surface area contributed by atoms with E-state index in [9.17, 15) is 4.79 Å². The van der Waals surface area contributed by atoms with Gasteiger partial charge in [0.15, 0.2) is 0 Å². The largest absolute Gasteiger partial charge is 0.383 e. The zero-order valence-corrected chi connectivity index (χ0v) is 11.6. The number of hydrogen-bond acceptors (Lipinski definition) is 3. The summed E-state index contributed by atoms with van der Waals surface area (Å²) in [5.41, 5.74) is 7.21. The molecule has 5 nitrogen and oxygen atoms in total. The van der Waals surface area contributed by atoms with E-state index in [4.69, 9.17) is 17.3 Å². The zero-order chi connectivity index (χ0) is 14.0. The van der Waals surface area contributed by atoms with Gasteiger partial charge in [-0.05, 0) is 17.7 Å². The van der Waals surface area contributed by atoms with Gasteiger partial charge in [-0.25, -0.2) is 0 Å². The maximum absolute atomic E-state index is 12.2. The van der Waals surface area contributed by atoms with Gasteiger partial charge in [-0.3, -0.25) is 9.48 Å². The fraction of sp³-hybridized carbons (Fsp3) is 0.231. The van der Waals surface area contributed by atoms with Gasteiger partial charge in [-0.1, -0.05) is 23.7 Å². The summed E-state index contributed by atoms with van der Waals surface area (Å²) in [6.45, 7) is 0.490. The van der Waals surface area contributed by atoms with Gasteiger partial charge in [0.25, 0.3) is 5.91 Å². The molecule has 1 aromatic carbocycles. The first-order chi connectivity index (χ1) is 8.99. The second kappa shape index (κ2) is 5.32. The van der Waals surface area contributed by atoms with Crippen LogP contribution in [0.25, 0.3) is 0 Å². The van der Waals surface area contributed by atoms with Crippen molar-refractivity contribution in [2.75, 3.05) is 12.8 Å². The average molecular weight is 279 g/mol. The van der Waals surface area contributed by atoms with Crippen LogP contribution in [-0.4, -0.2) is 27.6 Å². The number of carbonyl (C=O) groups is 1. The van der Waals surface area contributed by atoms with Gasteiger partial charge in [0.05, 0.1) is 6.20 Å². The molecule has 2 rings (SSSR count). The highest BCUT2D eigenvalue weighted by atomic mass is 35.5. The Hall–Kier alpha value is -2.01. The minimum atomic E-state index is -0.152. The van der Waals surface area contributed by atoms with Crippen molar-refractivity contribution in [3.05, 3.63) is 46.6 Å². The standard InChI is InChI=1S/C13H15ClN4O/c1-17(8-9-3-5-10(14)6-4-9)13(19)11-7-16-18(2)12(11)15/h3-7H,8,15H2,1-2H3. The van der Waals surface area contributed by atoms with Gasteiger partial charge in [0.1, 0.15) is 11.4 Å². The van der Waals surface area contributed by atoms with Gasteiger partial charge in [0.2, 0.25) is 0 Å². The van der Waals surface area contributed by atoms with Crippen LogP contribution in [0.2, 0.25) is 5.02 Å². The van der Waals surface area contributed by atoms with E-state index in [-0.39, 0.29) is 5.91 Å². The number of carbonyl (C=O) groups excluding carboxylic acids is 1. The summed E-state index contributed by atoms with van der Waals surface area (Å²) in [7, 11) is 3.43. The van der Waals surface area contributed by atoms with Crippen LogP contribution in [0.3, 0.4) is 0 Å². The molecule has 0 aliphatic heterocycles. The summed E-state index contributed by atoms with van der Waals surface area (Å²) in [6.07, 6.45) is 1.48. The number of benzene rings is 1. The van der Waals surface area contributed by atoms with E-state index < -0.39 is 0 Å². The molecule has 6 heteroatoms. The van der Waals surface area contributed by atoms with Crippen molar-refractivity contribution < 1.29 is 4.79 Å². The Labute approximate surface area is 116 Å². The topological polar surface area (TPSA) is 64.2 Å². The molecule has 0 aliphatic rings. The first-order valence-electron chi connectivity index (χ1n) is 5.76. The van der Waals surface area contributed by atoms with Gasteiger partial charge in [-0.15, -0.1) is 0 Å². The molecule has 2 N–H and O–H groups in total. The summed E-state index contributed by atoms with van der Waals surface area (Å²) in [5, 5.41) is 4.64. The molecule has 0 saturated carbocycles. The Bertz CT molecular complexity index is 591. The molecule has 2 aromatic rings. The van der Waals surface area contributed by atoms with Crippen LogP contribution in [0.15, 0.2) is 30.5 Å². The molecule has 0 spiro atoms. The van der Waals surface area contributed by atoms with Crippen molar-refractivity contribution in [1.82, 2.24) is 14.7 Å². The lowest BCUT2D eigenvalue weighted by Gasteiger charge is -2.16. The number of anilines is 1. The van der Waals surface area contributed by atoms with Crippen LogP contribution in [0.5, 0.6) is 0 Å². The molecule has 0 aliphatic carbocycles. The van der Waals surface area contributed by atoms with Crippen LogP contribution in [-0.2, 0) is 13.6 Å². The number of aryl methyl sites for hydroxylation is 1. The SMILES string of the molecule is CN(Cc1ccc(Cl)cc1)C(=O)c1cnn(C)c1N. The van der Waals surface area contributed by atoms with Crippen LogP contribution in [0.1, 0.15) is 15.9 Å². The van der Waals surface area contributed by atoms with E-state index in [1.807, 2.05) is 12.1 Å². The number of amides is 1. The third kappa shape index (κ3) is 2.88. The van der Waals surface area contributed by atoms with Crippen molar-refractivity contribution in [2.45, 2.75) is 6.54 Å². The van der Waals surface area contributed by atoms with Crippen molar-refractivity contribution in [3.8, 4) is 0 Å². The number of hydrogen-bond donors (Lipinski definition) is 1. The molecule has 100 valence electrons. The summed E-state index contributed by atoms with van der Waals surface area (Å²) in [6, 6.07) is 7.37. The Morgan fingerprint density at radius 3 is 2.58 bits per heavy atom. The number of nitrogens with zero attached hydrogens (tertiary/aromatic N) is 3. The third-order valence-corrected chi connectivity index (χ3v) is 3.15. The number of nitrogen functional groups attached to an aromatic ring is 1. The van der Waals surface area contributed by atoms with Gasteiger partial charge in [-0.2, -0.15) is 5.10 Å². The zero-order valence-electron chi connectivity index (χ0n) is 10.8. The molecule has 0 bridgehead atoms. The van der Waals surface area contributed by atoms with E-state index in [0.29, 0.717) is 22.9 Å². The lowest BCUT2D eigenvalue weighted by molar-refractivity contribution is 0.0786. The summed E-state index contributed by atoms with van der Waals surface area (Å²) in [4.78, 5) is 13.8. The van der Waals surface area contributed by atoms with E-state index in [2.05, 4.69) is 5.10 Å². The van der Waals surface area contributed by atoms with Crippen LogP contribution >= 0.6 is 11.6 Å². The maximum Gasteiger partial charge on any atom is 0.259 e. The molecule has 0 radical (unpaired) electrons. The quantitative estimate of drug-likeness (QED) is 0.933. The minimum Gasteiger partial charge on any atom is -0.383 e. The molecule has 0 fully saturated rings. The first-order valence-corrected chi connectivity index (χ1v) is 6.14. The molecule has 0 atom stereocenters. The predicted octanol–water partition coefficient (Wildman–Crippen LogP) is 1.93. The Morgan fingerprint density at radius 1 is 1.42 bits per heavy atom. The van der Waals surface area contributed by atoms with Crippen LogP contribution in [0, 0.1) is 0 Å². The molecule has 1 heterocycles. The molecule has 1 amide bonds. The Morgan fingerprint density at radius 2 is 2.05 bits per heavy atom.